The summed E-state index contributed by atoms with van der Waals surface area (Å²) in [5, 5.41) is 8.68. The second kappa shape index (κ2) is 3.67. The van der Waals surface area contributed by atoms with Crippen LogP contribution >= 0.6 is 0 Å². The summed E-state index contributed by atoms with van der Waals surface area (Å²) < 4.78 is 0. The number of nitrogens with zero attached hydrogens (tertiary/aromatic N) is 1. The summed E-state index contributed by atoms with van der Waals surface area (Å²) in [5.41, 5.74) is 0. The van der Waals surface area contributed by atoms with E-state index < -0.39 is 11.9 Å². The summed E-state index contributed by atoms with van der Waals surface area (Å²) in [6, 6.07) is 0. The van der Waals surface area contributed by atoms with Gasteiger partial charge in [-0.05, 0) is 20.0 Å². The third-order valence-corrected chi connectivity index (χ3v) is 2.23. The Kier molecular flexibility index (Phi) is 2.81. The molecule has 4 heteroatoms. The maximum Gasteiger partial charge on any atom is 0.314 e. The van der Waals surface area contributed by atoms with E-state index in [1.165, 1.54) is 0 Å². The van der Waals surface area contributed by atoms with E-state index in [4.69, 9.17) is 5.11 Å². The minimum atomic E-state index is -0.977. The van der Waals surface area contributed by atoms with E-state index in [0.717, 1.165) is 0 Å². The van der Waals surface area contributed by atoms with Gasteiger partial charge < -0.3 is 10.0 Å². The topological polar surface area (TPSA) is 57.6 Å². The van der Waals surface area contributed by atoms with E-state index in [-0.39, 0.29) is 5.78 Å². The van der Waals surface area contributed by atoms with E-state index in [1.54, 1.807) is 0 Å². The molecule has 0 aromatic rings. The van der Waals surface area contributed by atoms with Crippen molar-refractivity contribution in [2.45, 2.75) is 12.8 Å². The van der Waals surface area contributed by atoms with Crippen molar-refractivity contribution in [1.82, 2.24) is 4.90 Å². The smallest absolute Gasteiger partial charge is 0.314 e. The van der Waals surface area contributed by atoms with Crippen LogP contribution in [0.1, 0.15) is 12.8 Å². The van der Waals surface area contributed by atoms with E-state index in [1.807, 2.05) is 11.9 Å². The molecule has 0 aliphatic carbocycles. The number of carbonyl (C=O) groups excluding carboxylic acids is 1. The second-order valence-electron chi connectivity index (χ2n) is 3.20. The Labute approximate surface area is 71.2 Å². The maximum atomic E-state index is 11.2. The van der Waals surface area contributed by atoms with Crippen LogP contribution in [0, 0.1) is 5.92 Å². The molecule has 0 aromatic heterocycles. The standard InChI is InChI=1S/C8H13NO3/c1-9-4-2-6(8(11)12)7(10)3-5-9/h6H,2-5H2,1H3,(H,11,12). The lowest BCUT2D eigenvalue weighted by molar-refractivity contribution is -0.146. The number of rotatable bonds is 1. The van der Waals surface area contributed by atoms with Crippen molar-refractivity contribution in [2.75, 3.05) is 20.1 Å². The van der Waals surface area contributed by atoms with Crippen molar-refractivity contribution < 1.29 is 14.7 Å². The van der Waals surface area contributed by atoms with Gasteiger partial charge in [-0.3, -0.25) is 9.59 Å². The summed E-state index contributed by atoms with van der Waals surface area (Å²) in [7, 11) is 1.90. The zero-order chi connectivity index (χ0) is 9.14. The maximum absolute atomic E-state index is 11.2. The van der Waals surface area contributed by atoms with Gasteiger partial charge in [-0.2, -0.15) is 0 Å². The number of hydrogen-bond acceptors (Lipinski definition) is 3. The summed E-state index contributed by atoms with van der Waals surface area (Å²) in [5.74, 6) is -1.88. The zero-order valence-corrected chi connectivity index (χ0v) is 7.12. The zero-order valence-electron chi connectivity index (χ0n) is 7.12. The Bertz CT molecular complexity index is 202. The number of carbonyl (C=O) groups is 2. The molecule has 0 amide bonds. The molecular weight excluding hydrogens is 158 g/mol. The number of likely N-dealkylation sites (tertiary alicyclic amines) is 1. The van der Waals surface area contributed by atoms with Crippen LogP contribution in [0.25, 0.3) is 0 Å². The lowest BCUT2D eigenvalue weighted by atomic mass is 10.00. The number of hydrogen-bond donors (Lipinski definition) is 1. The molecule has 0 saturated carbocycles. The van der Waals surface area contributed by atoms with Crippen LogP contribution in [-0.4, -0.2) is 41.9 Å². The molecular formula is C8H13NO3. The highest BCUT2D eigenvalue weighted by Gasteiger charge is 2.28. The lowest BCUT2D eigenvalue weighted by Gasteiger charge is -2.10. The predicted molar refractivity (Wildman–Crippen MR) is 42.9 cm³/mol. The molecule has 1 fully saturated rings. The third kappa shape index (κ3) is 2.04. The van der Waals surface area contributed by atoms with Crippen LogP contribution in [0.5, 0.6) is 0 Å². The Morgan fingerprint density at radius 1 is 1.58 bits per heavy atom. The summed E-state index contributed by atoms with van der Waals surface area (Å²) in [6.45, 7) is 1.38. The molecule has 0 spiro atoms. The number of carboxylic acids is 1. The Hall–Kier alpha value is -0.900. The molecule has 1 atom stereocenters. The summed E-state index contributed by atoms with van der Waals surface area (Å²) >= 11 is 0. The molecule has 4 nitrogen and oxygen atoms in total. The number of ketones is 1. The highest BCUT2D eigenvalue weighted by Crippen LogP contribution is 2.13. The van der Waals surface area contributed by atoms with E-state index >= 15 is 0 Å². The minimum Gasteiger partial charge on any atom is -0.481 e. The van der Waals surface area contributed by atoms with Crippen LogP contribution in [0.2, 0.25) is 0 Å². The molecule has 0 bridgehead atoms. The molecule has 1 heterocycles. The fourth-order valence-corrected chi connectivity index (χ4v) is 1.36. The van der Waals surface area contributed by atoms with Crippen LogP contribution in [0.3, 0.4) is 0 Å². The molecule has 1 aliphatic heterocycles. The van der Waals surface area contributed by atoms with Crippen molar-refractivity contribution in [3.05, 3.63) is 0 Å². The first-order valence-electron chi connectivity index (χ1n) is 4.05. The lowest BCUT2D eigenvalue weighted by Crippen LogP contribution is -2.23. The molecule has 1 aliphatic rings. The summed E-state index contributed by atoms with van der Waals surface area (Å²) in [6.07, 6.45) is 0.818. The molecule has 68 valence electrons. The van der Waals surface area contributed by atoms with Crippen LogP contribution in [0.15, 0.2) is 0 Å². The van der Waals surface area contributed by atoms with Gasteiger partial charge in [0.15, 0.2) is 0 Å². The van der Waals surface area contributed by atoms with Gasteiger partial charge in [0.05, 0.1) is 0 Å². The monoisotopic (exact) mass is 171 g/mol. The van der Waals surface area contributed by atoms with Crippen LogP contribution in [-0.2, 0) is 9.59 Å². The van der Waals surface area contributed by atoms with Gasteiger partial charge in [-0.25, -0.2) is 0 Å². The van der Waals surface area contributed by atoms with Crippen molar-refractivity contribution in [1.29, 1.82) is 0 Å². The summed E-state index contributed by atoms with van der Waals surface area (Å²) in [4.78, 5) is 23.8. The quantitative estimate of drug-likeness (QED) is 0.563. The molecule has 1 unspecified atom stereocenters. The fraction of sp³-hybridized carbons (Fsp3) is 0.750. The normalized spacial score (nSPS) is 26.8. The molecule has 1 rings (SSSR count). The van der Waals surface area contributed by atoms with Gasteiger partial charge in [0.1, 0.15) is 11.7 Å². The molecule has 0 aromatic carbocycles. The first-order chi connectivity index (χ1) is 5.61. The first-order valence-corrected chi connectivity index (χ1v) is 4.05. The van der Waals surface area contributed by atoms with Crippen molar-refractivity contribution in [2.24, 2.45) is 5.92 Å². The highest BCUT2D eigenvalue weighted by molar-refractivity contribution is 5.98. The van der Waals surface area contributed by atoms with Gasteiger partial charge in [0.25, 0.3) is 0 Å². The van der Waals surface area contributed by atoms with Crippen molar-refractivity contribution in [3.63, 3.8) is 0 Å². The van der Waals surface area contributed by atoms with E-state index in [9.17, 15) is 9.59 Å². The van der Waals surface area contributed by atoms with Crippen molar-refractivity contribution >= 4 is 11.8 Å². The van der Waals surface area contributed by atoms with E-state index in [0.29, 0.717) is 25.9 Å². The Morgan fingerprint density at radius 2 is 2.25 bits per heavy atom. The average molecular weight is 171 g/mol. The van der Waals surface area contributed by atoms with Gasteiger partial charge in [-0.1, -0.05) is 0 Å². The number of Topliss-reactive ketones (excluding diaryl/α,β-unsaturated/α-hetero) is 1. The van der Waals surface area contributed by atoms with Gasteiger partial charge in [0, 0.05) is 13.0 Å². The fourth-order valence-electron chi connectivity index (χ4n) is 1.36. The average Bonchev–Trinajstić information content (AvgIpc) is 2.14. The highest BCUT2D eigenvalue weighted by atomic mass is 16.4. The predicted octanol–water partition coefficient (Wildman–Crippen LogP) is -0.0181. The Morgan fingerprint density at radius 3 is 2.83 bits per heavy atom. The molecule has 12 heavy (non-hydrogen) atoms. The SMILES string of the molecule is CN1CCC(=O)C(C(=O)O)CC1. The third-order valence-electron chi connectivity index (χ3n) is 2.23. The molecule has 1 saturated heterocycles. The first kappa shape index (κ1) is 9.19. The largest absolute Gasteiger partial charge is 0.481 e. The Balaban J connectivity index is 2.62. The van der Waals surface area contributed by atoms with Crippen LogP contribution in [0.4, 0.5) is 0 Å². The second-order valence-corrected chi connectivity index (χ2v) is 3.20. The number of aliphatic carboxylic acids is 1. The number of carboxylic acid groups (broad SMARTS) is 1. The van der Waals surface area contributed by atoms with Crippen LogP contribution < -0.4 is 0 Å². The molecule has 0 radical (unpaired) electrons. The molecule has 1 N–H and O–H groups in total. The minimum absolute atomic E-state index is 0.133. The van der Waals surface area contributed by atoms with Gasteiger partial charge in [-0.15, -0.1) is 0 Å². The van der Waals surface area contributed by atoms with E-state index in [2.05, 4.69) is 0 Å². The van der Waals surface area contributed by atoms with Gasteiger partial charge in [0.2, 0.25) is 0 Å². The van der Waals surface area contributed by atoms with Crippen molar-refractivity contribution in [3.8, 4) is 0 Å². The van der Waals surface area contributed by atoms with Gasteiger partial charge >= 0.3 is 5.97 Å².